The number of aromatic nitrogens is 3. The normalized spacial score (nSPS) is 19.7. The van der Waals surface area contributed by atoms with Crippen LogP contribution in [0.15, 0.2) is 35.1 Å². The van der Waals surface area contributed by atoms with E-state index < -0.39 is 6.10 Å². The Kier molecular flexibility index (Phi) is 4.31. The minimum atomic E-state index is -0.548. The highest BCUT2D eigenvalue weighted by Gasteiger charge is 2.28. The van der Waals surface area contributed by atoms with E-state index in [-0.39, 0.29) is 0 Å². The highest BCUT2D eigenvalue weighted by Crippen LogP contribution is 2.28. The number of hydrogen-bond donors (Lipinski definition) is 1. The first kappa shape index (κ1) is 16.3. The molecule has 1 N–H and O–H groups in total. The van der Waals surface area contributed by atoms with Crippen LogP contribution in [0.3, 0.4) is 0 Å². The van der Waals surface area contributed by atoms with Gasteiger partial charge in [0.1, 0.15) is 11.9 Å². The summed E-state index contributed by atoms with van der Waals surface area (Å²) in [5.74, 6) is 1.41. The fourth-order valence-electron chi connectivity index (χ4n) is 3.83. The second-order valence-corrected chi connectivity index (χ2v) is 6.97. The molecule has 0 bridgehead atoms. The van der Waals surface area contributed by atoms with E-state index >= 15 is 0 Å². The Bertz CT molecular complexity index is 856. The van der Waals surface area contributed by atoms with E-state index in [1.165, 1.54) is 0 Å². The molecule has 0 saturated carbocycles. The van der Waals surface area contributed by atoms with Crippen LogP contribution in [0.2, 0.25) is 0 Å². The third kappa shape index (κ3) is 3.32. The van der Waals surface area contributed by atoms with E-state index in [1.54, 1.807) is 6.26 Å². The molecule has 132 valence electrons. The summed E-state index contributed by atoms with van der Waals surface area (Å²) < 4.78 is 7.38. The van der Waals surface area contributed by atoms with Gasteiger partial charge < -0.3 is 9.52 Å². The van der Waals surface area contributed by atoms with Crippen LogP contribution in [0.4, 0.5) is 0 Å². The molecule has 4 rings (SSSR count). The lowest BCUT2D eigenvalue weighted by molar-refractivity contribution is 0.0991. The molecular formula is C19H24N4O2. The summed E-state index contributed by atoms with van der Waals surface area (Å²) in [6.07, 6.45) is 6.08. The van der Waals surface area contributed by atoms with Crippen LogP contribution >= 0.6 is 0 Å². The average Bonchev–Trinajstić information content (AvgIpc) is 3.29. The molecule has 1 aliphatic heterocycles. The Morgan fingerprint density at radius 1 is 1.36 bits per heavy atom. The highest BCUT2D eigenvalue weighted by atomic mass is 16.4. The molecule has 6 heteroatoms. The zero-order chi connectivity index (χ0) is 17.4. The molecule has 3 aromatic rings. The van der Waals surface area contributed by atoms with Crippen molar-refractivity contribution in [3.8, 4) is 0 Å². The molecule has 3 aromatic heterocycles. The van der Waals surface area contributed by atoms with Crippen molar-refractivity contribution in [1.29, 1.82) is 0 Å². The van der Waals surface area contributed by atoms with E-state index in [0.717, 1.165) is 48.8 Å². The van der Waals surface area contributed by atoms with Crippen LogP contribution in [0.25, 0.3) is 5.78 Å². The van der Waals surface area contributed by atoms with Gasteiger partial charge in [-0.25, -0.2) is 9.97 Å². The average molecular weight is 340 g/mol. The summed E-state index contributed by atoms with van der Waals surface area (Å²) in [4.78, 5) is 11.6. The van der Waals surface area contributed by atoms with Gasteiger partial charge in [-0.1, -0.05) is 0 Å². The standard InChI is InChI=1S/C19H24N4O2/c1-13-9-14(2)23-12-15(21-19(23)20-13)11-22-7-3-5-16(22)10-17(24)18-6-4-8-25-18/h4,6,8-9,12,16-17,24H,3,5,7,10-11H2,1-2H3. The molecule has 1 saturated heterocycles. The SMILES string of the molecule is Cc1cc(C)n2cc(CN3CCCC3CC(O)c3ccco3)nc2n1. The maximum atomic E-state index is 10.4. The fourth-order valence-corrected chi connectivity index (χ4v) is 3.83. The topological polar surface area (TPSA) is 66.8 Å². The van der Waals surface area contributed by atoms with Gasteiger partial charge in [-0.3, -0.25) is 9.30 Å². The van der Waals surface area contributed by atoms with E-state index in [1.807, 2.05) is 23.5 Å². The minimum Gasteiger partial charge on any atom is -0.467 e. The van der Waals surface area contributed by atoms with Crippen molar-refractivity contribution in [2.75, 3.05) is 6.54 Å². The first-order valence-electron chi connectivity index (χ1n) is 8.88. The quantitative estimate of drug-likeness (QED) is 0.773. The summed E-state index contributed by atoms with van der Waals surface area (Å²) in [5.41, 5.74) is 3.16. The lowest BCUT2D eigenvalue weighted by atomic mass is 10.1. The minimum absolute atomic E-state index is 0.348. The summed E-state index contributed by atoms with van der Waals surface area (Å²) in [6, 6.07) is 6.07. The number of hydrogen-bond acceptors (Lipinski definition) is 5. The summed E-state index contributed by atoms with van der Waals surface area (Å²) in [6.45, 7) is 5.89. The molecular weight excluding hydrogens is 316 g/mol. The summed E-state index contributed by atoms with van der Waals surface area (Å²) >= 11 is 0. The lowest BCUT2D eigenvalue weighted by Gasteiger charge is -2.25. The maximum absolute atomic E-state index is 10.4. The molecule has 0 aliphatic carbocycles. The van der Waals surface area contributed by atoms with E-state index in [2.05, 4.69) is 29.1 Å². The van der Waals surface area contributed by atoms with Crippen LogP contribution in [0, 0.1) is 13.8 Å². The van der Waals surface area contributed by atoms with Crippen molar-refractivity contribution in [3.05, 3.63) is 53.5 Å². The predicted octanol–water partition coefficient (Wildman–Crippen LogP) is 3.03. The van der Waals surface area contributed by atoms with Gasteiger partial charge in [-0.15, -0.1) is 0 Å². The maximum Gasteiger partial charge on any atom is 0.234 e. The fraction of sp³-hybridized carbons (Fsp3) is 0.474. The van der Waals surface area contributed by atoms with Crippen LogP contribution in [0.1, 0.15) is 48.2 Å². The van der Waals surface area contributed by atoms with Gasteiger partial charge >= 0.3 is 0 Å². The van der Waals surface area contributed by atoms with Gasteiger partial charge in [0.15, 0.2) is 0 Å². The van der Waals surface area contributed by atoms with Gasteiger partial charge in [-0.05, 0) is 57.9 Å². The second-order valence-electron chi connectivity index (χ2n) is 6.97. The molecule has 1 fully saturated rings. The van der Waals surface area contributed by atoms with E-state index in [4.69, 9.17) is 9.40 Å². The number of fused-ring (bicyclic) bond motifs is 1. The Labute approximate surface area is 147 Å². The number of furan rings is 1. The second kappa shape index (κ2) is 6.61. The Hall–Kier alpha value is -2.18. The highest BCUT2D eigenvalue weighted by molar-refractivity contribution is 5.34. The number of rotatable bonds is 5. The van der Waals surface area contributed by atoms with Gasteiger partial charge in [0.05, 0.1) is 12.0 Å². The molecule has 0 radical (unpaired) electrons. The van der Waals surface area contributed by atoms with E-state index in [9.17, 15) is 5.11 Å². The zero-order valence-corrected chi connectivity index (χ0v) is 14.7. The summed E-state index contributed by atoms with van der Waals surface area (Å²) in [5, 5.41) is 10.4. The van der Waals surface area contributed by atoms with Crippen LogP contribution in [-0.4, -0.2) is 37.0 Å². The molecule has 6 nitrogen and oxygen atoms in total. The first-order chi connectivity index (χ1) is 12.1. The molecule has 25 heavy (non-hydrogen) atoms. The number of aliphatic hydroxyl groups excluding tert-OH is 1. The van der Waals surface area contributed by atoms with Crippen molar-refractivity contribution in [2.24, 2.45) is 0 Å². The smallest absolute Gasteiger partial charge is 0.234 e. The van der Waals surface area contributed by atoms with E-state index in [0.29, 0.717) is 18.2 Å². The van der Waals surface area contributed by atoms with Crippen molar-refractivity contribution in [2.45, 2.75) is 51.8 Å². The molecule has 0 aromatic carbocycles. The molecule has 0 amide bonds. The number of likely N-dealkylation sites (tertiary alicyclic amines) is 1. The number of nitrogens with zero attached hydrogens (tertiary/aromatic N) is 4. The zero-order valence-electron chi connectivity index (χ0n) is 14.7. The van der Waals surface area contributed by atoms with Crippen molar-refractivity contribution >= 4 is 5.78 Å². The van der Waals surface area contributed by atoms with Gasteiger partial charge in [0, 0.05) is 30.2 Å². The van der Waals surface area contributed by atoms with Gasteiger partial charge in [0.2, 0.25) is 5.78 Å². The molecule has 2 unspecified atom stereocenters. The van der Waals surface area contributed by atoms with Crippen LogP contribution in [0.5, 0.6) is 0 Å². The molecule has 2 atom stereocenters. The Balaban J connectivity index is 1.48. The predicted molar refractivity (Wildman–Crippen MR) is 94.2 cm³/mol. The number of aryl methyl sites for hydroxylation is 2. The summed E-state index contributed by atoms with van der Waals surface area (Å²) in [7, 11) is 0. The van der Waals surface area contributed by atoms with Gasteiger partial charge in [-0.2, -0.15) is 0 Å². The number of imidazole rings is 1. The lowest BCUT2D eigenvalue weighted by Crippen LogP contribution is -2.30. The third-order valence-corrected chi connectivity index (χ3v) is 5.04. The Morgan fingerprint density at radius 3 is 3.04 bits per heavy atom. The molecule has 0 spiro atoms. The number of aliphatic hydroxyl groups is 1. The monoisotopic (exact) mass is 340 g/mol. The van der Waals surface area contributed by atoms with Crippen LogP contribution < -0.4 is 0 Å². The van der Waals surface area contributed by atoms with Crippen molar-refractivity contribution in [1.82, 2.24) is 19.3 Å². The van der Waals surface area contributed by atoms with Crippen molar-refractivity contribution in [3.63, 3.8) is 0 Å². The molecule has 1 aliphatic rings. The largest absolute Gasteiger partial charge is 0.467 e. The van der Waals surface area contributed by atoms with Crippen molar-refractivity contribution < 1.29 is 9.52 Å². The third-order valence-electron chi connectivity index (χ3n) is 5.04. The van der Waals surface area contributed by atoms with Crippen LogP contribution in [-0.2, 0) is 6.54 Å². The Morgan fingerprint density at radius 2 is 2.24 bits per heavy atom. The van der Waals surface area contributed by atoms with Gasteiger partial charge in [0.25, 0.3) is 0 Å². The molecule has 4 heterocycles. The first-order valence-corrected chi connectivity index (χ1v) is 8.88.